The van der Waals surface area contributed by atoms with Gasteiger partial charge in [0.2, 0.25) is 0 Å². The van der Waals surface area contributed by atoms with E-state index >= 15 is 0 Å². The molecule has 0 aliphatic rings. The van der Waals surface area contributed by atoms with Crippen LogP contribution in [0.25, 0.3) is 11.1 Å². The Morgan fingerprint density at radius 1 is 1.43 bits per heavy atom. The number of fused-ring (bicyclic) bond motifs is 1. The summed E-state index contributed by atoms with van der Waals surface area (Å²) in [6, 6.07) is 5.28. The molecule has 0 bridgehead atoms. The molecule has 0 aliphatic heterocycles. The van der Waals surface area contributed by atoms with Gasteiger partial charge in [-0.25, -0.2) is 4.79 Å². The Morgan fingerprint density at radius 2 is 2.14 bits per heavy atom. The molecule has 0 saturated heterocycles. The van der Waals surface area contributed by atoms with Crippen LogP contribution < -0.4 is 5.76 Å². The van der Waals surface area contributed by atoms with Crippen LogP contribution in [0, 0.1) is 0 Å². The molecule has 0 N–H and O–H groups in total. The average molecular weight is 212 g/mol. The van der Waals surface area contributed by atoms with Crippen molar-refractivity contribution in [1.29, 1.82) is 0 Å². The third-order valence-corrected chi connectivity index (χ3v) is 2.33. The molecule has 74 valence electrons. The van der Waals surface area contributed by atoms with E-state index in [9.17, 15) is 4.79 Å². The highest BCUT2D eigenvalue weighted by atomic mass is 35.5. The van der Waals surface area contributed by atoms with Gasteiger partial charge in [0, 0.05) is 17.1 Å². The van der Waals surface area contributed by atoms with E-state index in [1.165, 1.54) is 0 Å². The molecule has 1 heterocycles. The third kappa shape index (κ3) is 1.34. The molecule has 3 nitrogen and oxygen atoms in total. The first-order valence-electron chi connectivity index (χ1n) is 4.40. The summed E-state index contributed by atoms with van der Waals surface area (Å²) in [5.74, 6) is -0.336. The van der Waals surface area contributed by atoms with E-state index < -0.39 is 0 Å². The van der Waals surface area contributed by atoms with Gasteiger partial charge < -0.3 is 4.42 Å². The number of aromatic nitrogens is 1. The van der Waals surface area contributed by atoms with E-state index in [4.69, 9.17) is 16.0 Å². The molecule has 1 aromatic carbocycles. The van der Waals surface area contributed by atoms with E-state index in [2.05, 4.69) is 0 Å². The van der Waals surface area contributed by atoms with Gasteiger partial charge in [0.05, 0.1) is 5.52 Å². The Morgan fingerprint density at radius 3 is 2.79 bits per heavy atom. The normalized spacial score (nSPS) is 11.4. The zero-order valence-corrected chi connectivity index (χ0v) is 8.71. The zero-order chi connectivity index (χ0) is 10.3. The topological polar surface area (TPSA) is 35.1 Å². The van der Waals surface area contributed by atoms with Crippen LogP contribution in [0.4, 0.5) is 0 Å². The second kappa shape index (κ2) is 3.17. The molecule has 1 aromatic heterocycles. The van der Waals surface area contributed by atoms with Gasteiger partial charge in [-0.2, -0.15) is 0 Å². The minimum atomic E-state index is -0.336. The van der Waals surface area contributed by atoms with Crippen LogP contribution in [0.15, 0.2) is 27.4 Å². The largest absolute Gasteiger partial charge is 0.420 e. The lowest BCUT2D eigenvalue weighted by Crippen LogP contribution is -2.15. The molecule has 0 spiro atoms. The second-order valence-corrected chi connectivity index (χ2v) is 3.88. The third-order valence-electron chi connectivity index (χ3n) is 2.09. The molecule has 0 unspecified atom stereocenters. The number of hydrogen-bond acceptors (Lipinski definition) is 2. The first-order chi connectivity index (χ1) is 6.59. The fraction of sp³-hybridized carbons (Fsp3) is 0.300. The molecule has 0 fully saturated rings. The molecule has 0 atom stereocenters. The average Bonchev–Trinajstić information content (AvgIpc) is 2.39. The fourth-order valence-corrected chi connectivity index (χ4v) is 1.66. The van der Waals surface area contributed by atoms with Crippen molar-refractivity contribution in [3.05, 3.63) is 33.8 Å². The maximum atomic E-state index is 11.4. The Kier molecular flexibility index (Phi) is 2.11. The molecule has 0 radical (unpaired) electrons. The van der Waals surface area contributed by atoms with Gasteiger partial charge in [-0.15, -0.1) is 0 Å². The lowest BCUT2D eigenvalue weighted by molar-refractivity contribution is 0.478. The Bertz CT molecular complexity index is 524. The molecule has 0 saturated carbocycles. The van der Waals surface area contributed by atoms with Gasteiger partial charge in [-0.1, -0.05) is 11.6 Å². The van der Waals surface area contributed by atoms with Crippen molar-refractivity contribution in [2.24, 2.45) is 0 Å². The highest BCUT2D eigenvalue weighted by Crippen LogP contribution is 2.20. The molecule has 2 aromatic rings. The van der Waals surface area contributed by atoms with Crippen molar-refractivity contribution in [1.82, 2.24) is 4.57 Å². The monoisotopic (exact) mass is 211 g/mol. The number of oxazole rings is 1. The first kappa shape index (κ1) is 9.34. The van der Waals surface area contributed by atoms with Crippen molar-refractivity contribution < 1.29 is 4.42 Å². The summed E-state index contributed by atoms with van der Waals surface area (Å²) in [6.45, 7) is 3.87. The van der Waals surface area contributed by atoms with Crippen molar-refractivity contribution in [3.63, 3.8) is 0 Å². The molecule has 2 rings (SSSR count). The fourth-order valence-electron chi connectivity index (χ4n) is 1.50. The predicted molar refractivity (Wildman–Crippen MR) is 55.9 cm³/mol. The molecular weight excluding hydrogens is 202 g/mol. The van der Waals surface area contributed by atoms with Crippen molar-refractivity contribution >= 4 is 22.7 Å². The van der Waals surface area contributed by atoms with Crippen LogP contribution >= 0.6 is 11.6 Å². The zero-order valence-electron chi connectivity index (χ0n) is 7.95. The Labute approximate surface area is 85.9 Å². The Balaban J connectivity index is 2.84. The second-order valence-electron chi connectivity index (χ2n) is 3.44. The molecule has 0 aliphatic carbocycles. The summed E-state index contributed by atoms with van der Waals surface area (Å²) in [5, 5.41) is 0.571. The summed E-state index contributed by atoms with van der Waals surface area (Å²) >= 11 is 5.79. The predicted octanol–water partition coefficient (Wildman–Crippen LogP) is 2.83. The van der Waals surface area contributed by atoms with Crippen LogP contribution in [-0.2, 0) is 0 Å². The lowest BCUT2D eigenvalue weighted by Gasteiger charge is -2.04. The van der Waals surface area contributed by atoms with Crippen molar-refractivity contribution in [3.8, 4) is 0 Å². The summed E-state index contributed by atoms with van der Waals surface area (Å²) in [6.07, 6.45) is 0. The molecule has 0 amide bonds. The smallest absolute Gasteiger partial charge is 0.408 e. The van der Waals surface area contributed by atoms with E-state index in [-0.39, 0.29) is 11.8 Å². The summed E-state index contributed by atoms with van der Waals surface area (Å²) in [7, 11) is 0. The van der Waals surface area contributed by atoms with Crippen LogP contribution in [0.3, 0.4) is 0 Å². The van der Waals surface area contributed by atoms with Gasteiger partial charge in [-0.05, 0) is 26.0 Å². The van der Waals surface area contributed by atoms with E-state index in [1.807, 2.05) is 13.8 Å². The van der Waals surface area contributed by atoms with Crippen molar-refractivity contribution in [2.45, 2.75) is 19.9 Å². The standard InChI is InChI=1S/C10H10ClNO2/c1-6(2)12-8-4-3-7(11)5-9(8)14-10(12)13/h3-6H,1-2H3. The van der Waals surface area contributed by atoms with Crippen molar-refractivity contribution in [2.75, 3.05) is 0 Å². The Hall–Kier alpha value is -1.22. The highest BCUT2D eigenvalue weighted by molar-refractivity contribution is 6.31. The van der Waals surface area contributed by atoms with E-state index in [0.717, 1.165) is 5.52 Å². The maximum Gasteiger partial charge on any atom is 0.420 e. The molecular formula is C10H10ClNO2. The first-order valence-corrected chi connectivity index (χ1v) is 4.78. The number of hydrogen-bond donors (Lipinski definition) is 0. The highest BCUT2D eigenvalue weighted by Gasteiger charge is 2.11. The number of nitrogens with zero attached hydrogens (tertiary/aromatic N) is 1. The van der Waals surface area contributed by atoms with Crippen LogP contribution in [0.1, 0.15) is 19.9 Å². The summed E-state index contributed by atoms with van der Waals surface area (Å²) in [5.41, 5.74) is 1.32. The van der Waals surface area contributed by atoms with Gasteiger partial charge in [0.25, 0.3) is 0 Å². The van der Waals surface area contributed by atoms with E-state index in [0.29, 0.717) is 10.6 Å². The molecule has 14 heavy (non-hydrogen) atoms. The summed E-state index contributed by atoms with van der Waals surface area (Å²) < 4.78 is 6.67. The number of rotatable bonds is 1. The van der Waals surface area contributed by atoms with Gasteiger partial charge in [0.1, 0.15) is 0 Å². The SMILES string of the molecule is CC(C)n1c(=O)oc2cc(Cl)ccc21. The number of halogens is 1. The molecule has 4 heteroatoms. The van der Waals surface area contributed by atoms with Crippen LogP contribution in [0.2, 0.25) is 5.02 Å². The van der Waals surface area contributed by atoms with Crippen LogP contribution in [-0.4, -0.2) is 4.57 Å². The quantitative estimate of drug-likeness (QED) is 0.727. The van der Waals surface area contributed by atoms with E-state index in [1.54, 1.807) is 22.8 Å². The summed E-state index contributed by atoms with van der Waals surface area (Å²) in [4.78, 5) is 11.4. The van der Waals surface area contributed by atoms with Gasteiger partial charge >= 0.3 is 5.76 Å². The van der Waals surface area contributed by atoms with Crippen LogP contribution in [0.5, 0.6) is 0 Å². The lowest BCUT2D eigenvalue weighted by atomic mass is 10.3. The minimum Gasteiger partial charge on any atom is -0.408 e. The minimum absolute atomic E-state index is 0.0879. The van der Waals surface area contributed by atoms with Gasteiger partial charge in [-0.3, -0.25) is 4.57 Å². The number of benzene rings is 1. The maximum absolute atomic E-state index is 11.4. The van der Waals surface area contributed by atoms with Gasteiger partial charge in [0.15, 0.2) is 5.58 Å².